The van der Waals surface area contributed by atoms with Crippen LogP contribution in [0.4, 0.5) is 0 Å². The average Bonchev–Trinajstić information content (AvgIpc) is 2.55. The predicted octanol–water partition coefficient (Wildman–Crippen LogP) is 4.57. The number of aliphatic hydroxyl groups is 1. The fourth-order valence-electron chi connectivity index (χ4n) is 1.96. The quantitative estimate of drug-likeness (QED) is 0.804. The minimum absolute atomic E-state index is 0.0639. The largest absolute Gasteiger partial charge is 0.497 e. The van der Waals surface area contributed by atoms with Gasteiger partial charge >= 0.3 is 0 Å². The number of methoxy groups -OCH3 is 2. The minimum Gasteiger partial charge on any atom is -0.497 e. The summed E-state index contributed by atoms with van der Waals surface area (Å²) < 4.78 is 10.5. The van der Waals surface area contributed by atoms with Gasteiger partial charge in [0.05, 0.1) is 20.3 Å². The van der Waals surface area contributed by atoms with Crippen LogP contribution in [0.1, 0.15) is 66.6 Å². The van der Waals surface area contributed by atoms with Gasteiger partial charge in [-0.05, 0) is 25.1 Å². The van der Waals surface area contributed by atoms with Gasteiger partial charge in [-0.25, -0.2) is 0 Å². The van der Waals surface area contributed by atoms with Crippen molar-refractivity contribution < 1.29 is 14.6 Å². The number of benzene rings is 1. The van der Waals surface area contributed by atoms with E-state index in [1.165, 1.54) is 6.42 Å². The summed E-state index contributed by atoms with van der Waals surface area (Å²) in [6.07, 6.45) is 0.609. The van der Waals surface area contributed by atoms with E-state index in [9.17, 15) is 5.11 Å². The van der Waals surface area contributed by atoms with E-state index in [0.717, 1.165) is 5.56 Å². The molecule has 2 atom stereocenters. The van der Waals surface area contributed by atoms with Crippen molar-refractivity contribution in [1.29, 1.82) is 0 Å². The van der Waals surface area contributed by atoms with Gasteiger partial charge in [-0.3, -0.25) is 0 Å². The second-order valence-corrected chi connectivity index (χ2v) is 5.37. The maximum absolute atomic E-state index is 10.4. The second-order valence-electron chi connectivity index (χ2n) is 5.37. The Morgan fingerprint density at radius 3 is 1.96 bits per heavy atom. The molecule has 0 aliphatic rings. The van der Waals surface area contributed by atoms with Crippen LogP contribution in [0.2, 0.25) is 0 Å². The Labute approximate surface area is 143 Å². The zero-order chi connectivity index (χ0) is 18.4. The van der Waals surface area contributed by atoms with Crippen molar-refractivity contribution in [2.75, 3.05) is 14.2 Å². The maximum atomic E-state index is 10.4. The molecule has 0 aromatic heterocycles. The van der Waals surface area contributed by atoms with E-state index in [1.807, 2.05) is 46.8 Å². The van der Waals surface area contributed by atoms with Crippen LogP contribution in [-0.2, 0) is 0 Å². The predicted molar refractivity (Wildman–Crippen MR) is 99.6 cm³/mol. The van der Waals surface area contributed by atoms with Crippen molar-refractivity contribution in [2.24, 2.45) is 0 Å². The topological polar surface area (TPSA) is 50.7 Å². The van der Waals surface area contributed by atoms with Crippen LogP contribution in [0.15, 0.2) is 18.2 Å². The van der Waals surface area contributed by atoms with Crippen molar-refractivity contribution in [3.63, 3.8) is 0 Å². The van der Waals surface area contributed by atoms with Gasteiger partial charge in [-0.15, -0.1) is 0 Å². The molecule has 1 rings (SSSR count). The molecule has 4 nitrogen and oxygen atoms in total. The van der Waals surface area contributed by atoms with Crippen LogP contribution < -0.4 is 14.8 Å². The molecule has 0 saturated carbocycles. The molecule has 2 unspecified atom stereocenters. The third kappa shape index (κ3) is 9.47. The first-order valence-electron chi connectivity index (χ1n) is 8.57. The molecule has 0 heterocycles. The summed E-state index contributed by atoms with van der Waals surface area (Å²) in [7, 11) is 3.20. The summed E-state index contributed by atoms with van der Waals surface area (Å²) in [4.78, 5) is 0. The van der Waals surface area contributed by atoms with E-state index >= 15 is 0 Å². The third-order valence-corrected chi connectivity index (χ3v) is 2.83. The molecule has 23 heavy (non-hydrogen) atoms. The molecule has 2 N–H and O–H groups in total. The zero-order valence-corrected chi connectivity index (χ0v) is 16.4. The van der Waals surface area contributed by atoms with Crippen LogP contribution >= 0.6 is 0 Å². The molecule has 136 valence electrons. The number of aliphatic hydroxyl groups excluding tert-OH is 1. The number of hydrogen-bond acceptors (Lipinski definition) is 4. The third-order valence-electron chi connectivity index (χ3n) is 2.83. The highest BCUT2D eigenvalue weighted by atomic mass is 16.5. The molecule has 1 aromatic rings. The summed E-state index contributed by atoms with van der Waals surface area (Å²) in [6.45, 7) is 14.3. The SMILES string of the molecule is CC.CCC.COc1ccc(OC)c(C(O)C(C)NC(C)C)c1. The first kappa shape index (κ1) is 24.0. The lowest BCUT2D eigenvalue weighted by atomic mass is 10.0. The number of rotatable bonds is 6. The molecule has 0 radical (unpaired) electrons. The number of nitrogens with one attached hydrogen (secondary N) is 1. The monoisotopic (exact) mass is 327 g/mol. The molecule has 0 spiro atoms. The fourth-order valence-corrected chi connectivity index (χ4v) is 1.96. The number of hydrogen-bond donors (Lipinski definition) is 2. The summed E-state index contributed by atoms with van der Waals surface area (Å²) in [6, 6.07) is 5.68. The molecule has 0 bridgehead atoms. The van der Waals surface area contributed by atoms with Crippen LogP contribution in [0.3, 0.4) is 0 Å². The van der Waals surface area contributed by atoms with Gasteiger partial charge in [-0.1, -0.05) is 48.0 Å². The lowest BCUT2D eigenvalue weighted by Crippen LogP contribution is -2.37. The van der Waals surface area contributed by atoms with E-state index in [-0.39, 0.29) is 6.04 Å². The lowest BCUT2D eigenvalue weighted by molar-refractivity contribution is 0.128. The van der Waals surface area contributed by atoms with Crippen LogP contribution in [0, 0.1) is 0 Å². The Morgan fingerprint density at radius 2 is 1.57 bits per heavy atom. The standard InChI is InChI=1S/C14H23NO3.C3H8.C2H6/c1-9(2)15-10(3)14(16)12-8-11(17-4)6-7-13(12)18-5;1-3-2;1-2/h6-10,14-16H,1-5H3;3H2,1-2H3;1-2H3. The van der Waals surface area contributed by atoms with Crippen LogP contribution in [0.5, 0.6) is 11.5 Å². The van der Waals surface area contributed by atoms with Crippen molar-refractivity contribution >= 4 is 0 Å². The van der Waals surface area contributed by atoms with Crippen LogP contribution in [-0.4, -0.2) is 31.4 Å². The maximum Gasteiger partial charge on any atom is 0.124 e. The Morgan fingerprint density at radius 1 is 1.04 bits per heavy atom. The second kappa shape index (κ2) is 14.3. The first-order chi connectivity index (χ1) is 10.9. The van der Waals surface area contributed by atoms with Gasteiger partial charge < -0.3 is 19.9 Å². The van der Waals surface area contributed by atoms with Crippen molar-refractivity contribution in [2.45, 2.75) is 73.1 Å². The molecule has 1 aromatic carbocycles. The van der Waals surface area contributed by atoms with Crippen molar-refractivity contribution in [1.82, 2.24) is 5.32 Å². The lowest BCUT2D eigenvalue weighted by Gasteiger charge is -2.24. The van der Waals surface area contributed by atoms with Gasteiger partial charge in [-0.2, -0.15) is 0 Å². The summed E-state index contributed by atoms with van der Waals surface area (Å²) >= 11 is 0. The summed E-state index contributed by atoms with van der Waals surface area (Å²) in [5.41, 5.74) is 0.734. The van der Waals surface area contributed by atoms with Gasteiger partial charge in [0.1, 0.15) is 11.5 Å². The molecule has 4 heteroatoms. The Balaban J connectivity index is 0. The van der Waals surface area contributed by atoms with Crippen LogP contribution in [0.25, 0.3) is 0 Å². The molecule has 0 aliphatic heterocycles. The molecule has 0 saturated heterocycles. The van der Waals surface area contributed by atoms with Gasteiger partial charge in [0, 0.05) is 17.6 Å². The summed E-state index contributed by atoms with van der Waals surface area (Å²) in [5.74, 6) is 1.38. The van der Waals surface area contributed by atoms with E-state index < -0.39 is 6.10 Å². The van der Waals surface area contributed by atoms with E-state index in [0.29, 0.717) is 17.5 Å². The minimum atomic E-state index is -0.641. The smallest absolute Gasteiger partial charge is 0.124 e. The van der Waals surface area contributed by atoms with Crippen molar-refractivity contribution in [3.05, 3.63) is 23.8 Å². The molecule has 0 fully saturated rings. The van der Waals surface area contributed by atoms with E-state index in [4.69, 9.17) is 9.47 Å². The van der Waals surface area contributed by atoms with Crippen molar-refractivity contribution in [3.8, 4) is 11.5 Å². The summed E-state index contributed by atoms with van der Waals surface area (Å²) in [5, 5.41) is 13.7. The molecular weight excluding hydrogens is 290 g/mol. The van der Waals surface area contributed by atoms with E-state index in [2.05, 4.69) is 19.2 Å². The Bertz CT molecular complexity index is 394. The fraction of sp³-hybridized carbons (Fsp3) is 0.684. The van der Waals surface area contributed by atoms with E-state index in [1.54, 1.807) is 20.3 Å². The zero-order valence-electron chi connectivity index (χ0n) is 16.4. The highest BCUT2D eigenvalue weighted by molar-refractivity contribution is 5.42. The molecule has 0 aliphatic carbocycles. The van der Waals surface area contributed by atoms with Gasteiger partial charge in [0.25, 0.3) is 0 Å². The highest BCUT2D eigenvalue weighted by Crippen LogP contribution is 2.31. The Hall–Kier alpha value is -1.26. The normalized spacial score (nSPS) is 12.3. The molecule has 0 amide bonds. The Kier molecular flexibility index (Phi) is 15.0. The first-order valence-corrected chi connectivity index (χ1v) is 8.57. The molecular formula is C19H37NO3. The average molecular weight is 328 g/mol. The highest BCUT2D eigenvalue weighted by Gasteiger charge is 2.21. The van der Waals surface area contributed by atoms with Gasteiger partial charge in [0.2, 0.25) is 0 Å². The van der Waals surface area contributed by atoms with Gasteiger partial charge in [0.15, 0.2) is 0 Å². The number of ether oxygens (including phenoxy) is 2.